The van der Waals surface area contributed by atoms with E-state index in [-0.39, 0.29) is 30.7 Å². The Morgan fingerprint density at radius 2 is 2.04 bits per heavy atom. The van der Waals surface area contributed by atoms with Gasteiger partial charge in [-0.2, -0.15) is 0 Å². The molecule has 1 aliphatic heterocycles. The maximum atomic E-state index is 12.4. The zero-order valence-corrected chi connectivity index (χ0v) is 14.6. The number of anilines is 1. The maximum Gasteiger partial charge on any atom is 0.261 e. The van der Waals surface area contributed by atoms with E-state index in [4.69, 9.17) is 0 Å². The number of nitrogens with one attached hydrogen (secondary N) is 1. The van der Waals surface area contributed by atoms with Crippen LogP contribution >= 0.6 is 11.3 Å². The number of rotatable bonds is 5. The number of nitrogens with zero attached hydrogens (tertiary/aromatic N) is 2. The molecule has 0 radical (unpaired) electrons. The predicted molar refractivity (Wildman–Crippen MR) is 93.9 cm³/mol. The van der Waals surface area contributed by atoms with Crippen LogP contribution in [0.5, 0.6) is 0 Å². The zero-order valence-electron chi connectivity index (χ0n) is 13.7. The third kappa shape index (κ3) is 3.07. The van der Waals surface area contributed by atoms with Crippen molar-refractivity contribution in [3.8, 4) is 0 Å². The fourth-order valence-corrected chi connectivity index (χ4v) is 3.72. The minimum Gasteiger partial charge on any atom is -0.302 e. The minimum atomic E-state index is -0.335. The Morgan fingerprint density at radius 3 is 2.80 bits per heavy atom. The number of aromatic nitrogens is 1. The van der Waals surface area contributed by atoms with Crippen LogP contribution in [0.4, 0.5) is 5.13 Å². The molecule has 25 heavy (non-hydrogen) atoms. The third-order valence-electron chi connectivity index (χ3n) is 4.45. The summed E-state index contributed by atoms with van der Waals surface area (Å²) in [6, 6.07) is 5.19. The summed E-state index contributed by atoms with van der Waals surface area (Å²) in [7, 11) is 0. The molecule has 0 saturated heterocycles. The van der Waals surface area contributed by atoms with Gasteiger partial charge in [-0.15, -0.1) is 11.3 Å². The van der Waals surface area contributed by atoms with Gasteiger partial charge in [0.05, 0.1) is 16.8 Å². The Kier molecular flexibility index (Phi) is 3.88. The normalized spacial score (nSPS) is 16.3. The molecule has 2 aromatic rings. The summed E-state index contributed by atoms with van der Waals surface area (Å²) in [6.45, 7) is 1.94. The second kappa shape index (κ2) is 6.07. The van der Waals surface area contributed by atoms with Gasteiger partial charge in [0, 0.05) is 24.3 Å². The zero-order chi connectivity index (χ0) is 17.6. The quantitative estimate of drug-likeness (QED) is 0.836. The van der Waals surface area contributed by atoms with Crippen LogP contribution in [0.1, 0.15) is 57.2 Å². The van der Waals surface area contributed by atoms with Crippen LogP contribution in [0.2, 0.25) is 0 Å². The highest BCUT2D eigenvalue weighted by atomic mass is 32.1. The lowest BCUT2D eigenvalue weighted by molar-refractivity contribution is -0.116. The van der Waals surface area contributed by atoms with Crippen LogP contribution in [0.3, 0.4) is 0 Å². The molecule has 2 heterocycles. The van der Waals surface area contributed by atoms with Crippen LogP contribution in [0.15, 0.2) is 23.6 Å². The molecule has 128 valence electrons. The average Bonchev–Trinajstić information content (AvgIpc) is 3.29. The highest BCUT2D eigenvalue weighted by molar-refractivity contribution is 7.13. The topological polar surface area (TPSA) is 79.4 Å². The van der Waals surface area contributed by atoms with E-state index in [2.05, 4.69) is 10.3 Å². The molecule has 1 saturated carbocycles. The third-order valence-corrected chi connectivity index (χ3v) is 5.23. The minimum absolute atomic E-state index is 0.0583. The largest absolute Gasteiger partial charge is 0.302 e. The van der Waals surface area contributed by atoms with Gasteiger partial charge in [-0.25, -0.2) is 4.98 Å². The summed E-state index contributed by atoms with van der Waals surface area (Å²) in [6.07, 6.45) is 2.38. The Balaban J connectivity index is 1.37. The molecule has 4 rings (SSSR count). The van der Waals surface area contributed by atoms with E-state index < -0.39 is 0 Å². The summed E-state index contributed by atoms with van der Waals surface area (Å²) in [4.78, 5) is 42.4. The Bertz CT molecular complexity index is 885. The number of carbonyl (C=O) groups excluding carboxylic acids is 3. The van der Waals surface area contributed by atoms with Gasteiger partial charge in [-0.1, -0.05) is 11.6 Å². The lowest BCUT2D eigenvalue weighted by atomic mass is 10.1. The molecular weight excluding hydrogens is 338 g/mol. The standard InChI is InChI=1S/C18H17N3O3S/c1-10-2-5-12-13(8-10)17(24)21(16(12)23)7-6-15(22)20-18-19-14(9-25-18)11-3-4-11/h2,5,8-9,11H,3-4,6-7H2,1H3,(H,19,20,22). The fourth-order valence-electron chi connectivity index (χ4n) is 2.91. The SMILES string of the molecule is Cc1ccc2c(c1)C(=O)N(CCC(=O)Nc1nc(C3CC3)cs1)C2=O. The van der Waals surface area contributed by atoms with E-state index in [0.29, 0.717) is 22.2 Å². The number of imide groups is 1. The first-order chi connectivity index (χ1) is 12.0. The van der Waals surface area contributed by atoms with Crippen molar-refractivity contribution < 1.29 is 14.4 Å². The van der Waals surface area contributed by atoms with Crippen molar-refractivity contribution in [1.82, 2.24) is 9.88 Å². The second-order valence-corrected chi connectivity index (χ2v) is 7.32. The van der Waals surface area contributed by atoms with E-state index in [1.54, 1.807) is 18.2 Å². The second-order valence-electron chi connectivity index (χ2n) is 6.46. The molecule has 0 spiro atoms. The van der Waals surface area contributed by atoms with Crippen molar-refractivity contribution in [3.05, 3.63) is 46.0 Å². The van der Waals surface area contributed by atoms with Gasteiger partial charge in [0.25, 0.3) is 11.8 Å². The first kappa shape index (κ1) is 16.0. The van der Waals surface area contributed by atoms with Crippen LogP contribution in [0.25, 0.3) is 0 Å². The molecule has 6 nitrogen and oxygen atoms in total. The summed E-state index contributed by atoms with van der Waals surface area (Å²) >= 11 is 1.41. The van der Waals surface area contributed by atoms with E-state index >= 15 is 0 Å². The molecule has 3 amide bonds. The number of hydrogen-bond donors (Lipinski definition) is 1. The monoisotopic (exact) mass is 355 g/mol. The summed E-state index contributed by atoms with van der Waals surface area (Å²) in [5.74, 6) is -0.368. The highest BCUT2D eigenvalue weighted by Gasteiger charge is 2.35. The molecule has 0 bridgehead atoms. The first-order valence-corrected chi connectivity index (χ1v) is 9.13. The molecule has 1 fully saturated rings. The van der Waals surface area contributed by atoms with Gasteiger partial charge in [0.2, 0.25) is 5.91 Å². The van der Waals surface area contributed by atoms with E-state index in [9.17, 15) is 14.4 Å². The fraction of sp³-hybridized carbons (Fsp3) is 0.333. The number of amides is 3. The molecule has 1 N–H and O–H groups in total. The summed E-state index contributed by atoms with van der Waals surface area (Å²) < 4.78 is 0. The van der Waals surface area contributed by atoms with Gasteiger partial charge in [0.1, 0.15) is 0 Å². The van der Waals surface area contributed by atoms with Crippen molar-refractivity contribution in [1.29, 1.82) is 0 Å². The number of carbonyl (C=O) groups is 3. The molecular formula is C18H17N3O3S. The van der Waals surface area contributed by atoms with E-state index in [1.165, 1.54) is 11.3 Å². The van der Waals surface area contributed by atoms with Gasteiger partial charge in [0.15, 0.2) is 5.13 Å². The van der Waals surface area contributed by atoms with Crippen LogP contribution in [0, 0.1) is 6.92 Å². The van der Waals surface area contributed by atoms with Crippen molar-refractivity contribution in [2.75, 3.05) is 11.9 Å². The molecule has 1 aliphatic carbocycles. The Morgan fingerprint density at radius 1 is 1.28 bits per heavy atom. The molecule has 7 heteroatoms. The van der Waals surface area contributed by atoms with Crippen LogP contribution in [-0.2, 0) is 4.79 Å². The average molecular weight is 355 g/mol. The van der Waals surface area contributed by atoms with Gasteiger partial charge < -0.3 is 5.32 Å². The number of benzene rings is 1. The molecule has 2 aliphatic rings. The molecule has 0 unspecified atom stereocenters. The summed E-state index contributed by atoms with van der Waals surface area (Å²) in [5.41, 5.74) is 2.79. The van der Waals surface area contributed by atoms with Crippen LogP contribution < -0.4 is 5.32 Å². The number of hydrogen-bond acceptors (Lipinski definition) is 5. The smallest absolute Gasteiger partial charge is 0.261 e. The highest BCUT2D eigenvalue weighted by Crippen LogP contribution is 2.40. The Hall–Kier alpha value is -2.54. The van der Waals surface area contributed by atoms with Crippen molar-refractivity contribution in [2.24, 2.45) is 0 Å². The van der Waals surface area contributed by atoms with Crippen molar-refractivity contribution >= 4 is 34.2 Å². The molecule has 1 aromatic carbocycles. The number of fused-ring (bicyclic) bond motifs is 1. The number of aryl methyl sites for hydroxylation is 1. The van der Waals surface area contributed by atoms with Gasteiger partial charge >= 0.3 is 0 Å². The van der Waals surface area contributed by atoms with Gasteiger partial charge in [-0.3, -0.25) is 19.3 Å². The maximum absolute atomic E-state index is 12.4. The number of thiazole rings is 1. The predicted octanol–water partition coefficient (Wildman–Crippen LogP) is 2.95. The lowest BCUT2D eigenvalue weighted by Gasteiger charge is -2.12. The van der Waals surface area contributed by atoms with Crippen LogP contribution in [-0.4, -0.2) is 34.2 Å². The van der Waals surface area contributed by atoms with Gasteiger partial charge in [-0.05, 0) is 31.9 Å². The molecule has 0 atom stereocenters. The van der Waals surface area contributed by atoms with E-state index in [0.717, 1.165) is 29.0 Å². The van der Waals surface area contributed by atoms with E-state index in [1.807, 2.05) is 12.3 Å². The van der Waals surface area contributed by atoms with Crippen molar-refractivity contribution in [2.45, 2.75) is 32.1 Å². The molecule has 1 aromatic heterocycles. The lowest BCUT2D eigenvalue weighted by Crippen LogP contribution is -2.32. The summed E-state index contributed by atoms with van der Waals surface area (Å²) in [5, 5.41) is 5.29. The van der Waals surface area contributed by atoms with Crippen molar-refractivity contribution in [3.63, 3.8) is 0 Å². The Labute approximate surface area is 148 Å². The first-order valence-electron chi connectivity index (χ1n) is 8.25.